The van der Waals surface area contributed by atoms with E-state index in [0.29, 0.717) is 16.3 Å². The number of aryl methyl sites for hydroxylation is 3. The molecule has 2 aromatic rings. The Bertz CT molecular complexity index is 1120. The SMILES string of the molecule is CCOC(=O)c1c(NC(=O)[C@H](C)N(c2ccc(C)c(C)c2)S(C)(=O)=O)sc2c1CCC2. The predicted octanol–water partition coefficient (Wildman–Crippen LogP) is 3.82. The predicted molar refractivity (Wildman–Crippen MR) is 124 cm³/mol. The van der Waals surface area contributed by atoms with Gasteiger partial charge in [0.15, 0.2) is 0 Å². The van der Waals surface area contributed by atoms with Gasteiger partial charge in [0, 0.05) is 4.88 Å². The van der Waals surface area contributed by atoms with Crippen LogP contribution in [0, 0.1) is 13.8 Å². The van der Waals surface area contributed by atoms with Gasteiger partial charge in [0.1, 0.15) is 11.0 Å². The van der Waals surface area contributed by atoms with Gasteiger partial charge < -0.3 is 10.1 Å². The zero-order valence-corrected chi connectivity index (χ0v) is 20.1. The first-order valence-electron chi connectivity index (χ1n) is 10.2. The summed E-state index contributed by atoms with van der Waals surface area (Å²) in [4.78, 5) is 26.7. The fourth-order valence-corrected chi connectivity index (χ4v) is 6.25. The minimum Gasteiger partial charge on any atom is -0.462 e. The molecule has 0 spiro atoms. The number of carbonyl (C=O) groups is 2. The van der Waals surface area contributed by atoms with Gasteiger partial charge in [-0.15, -0.1) is 11.3 Å². The largest absolute Gasteiger partial charge is 0.462 e. The van der Waals surface area contributed by atoms with Crippen molar-refractivity contribution in [3.63, 3.8) is 0 Å². The van der Waals surface area contributed by atoms with E-state index < -0.39 is 27.9 Å². The number of thiophene rings is 1. The number of ether oxygens (including phenoxy) is 1. The van der Waals surface area contributed by atoms with Crippen LogP contribution in [0.2, 0.25) is 0 Å². The third-order valence-electron chi connectivity index (χ3n) is 5.47. The van der Waals surface area contributed by atoms with Crippen LogP contribution in [-0.2, 0) is 32.4 Å². The Kier molecular flexibility index (Phi) is 6.76. The molecule has 0 unspecified atom stereocenters. The van der Waals surface area contributed by atoms with E-state index in [9.17, 15) is 18.0 Å². The number of hydrogen-bond donors (Lipinski definition) is 1. The van der Waals surface area contributed by atoms with Crippen molar-refractivity contribution < 1.29 is 22.7 Å². The molecule has 7 nitrogen and oxygen atoms in total. The molecule has 0 radical (unpaired) electrons. The third-order valence-corrected chi connectivity index (χ3v) is 7.92. The molecular formula is C22H28N2O5S2. The number of amides is 1. The summed E-state index contributed by atoms with van der Waals surface area (Å²) < 4.78 is 31.5. The molecule has 1 atom stereocenters. The number of carbonyl (C=O) groups excluding carboxylic acids is 2. The van der Waals surface area contributed by atoms with Gasteiger partial charge in [-0.2, -0.15) is 0 Å². The number of hydrogen-bond acceptors (Lipinski definition) is 6. The van der Waals surface area contributed by atoms with E-state index >= 15 is 0 Å². The molecule has 1 amide bonds. The fraction of sp³-hybridized carbons (Fsp3) is 0.455. The lowest BCUT2D eigenvalue weighted by Gasteiger charge is -2.28. The van der Waals surface area contributed by atoms with Crippen LogP contribution in [0.25, 0.3) is 0 Å². The number of nitrogens with zero attached hydrogens (tertiary/aromatic N) is 1. The van der Waals surface area contributed by atoms with Crippen LogP contribution in [0.15, 0.2) is 18.2 Å². The molecule has 1 aromatic heterocycles. The van der Waals surface area contributed by atoms with Gasteiger partial charge in [-0.3, -0.25) is 9.10 Å². The number of rotatable bonds is 7. The molecule has 168 valence electrons. The Hall–Kier alpha value is -2.39. The van der Waals surface area contributed by atoms with Crippen LogP contribution in [0.3, 0.4) is 0 Å². The van der Waals surface area contributed by atoms with Crippen molar-refractivity contribution in [2.24, 2.45) is 0 Å². The van der Waals surface area contributed by atoms with Gasteiger partial charge in [0.2, 0.25) is 15.9 Å². The maximum Gasteiger partial charge on any atom is 0.341 e. The lowest BCUT2D eigenvalue weighted by molar-refractivity contribution is -0.116. The third kappa shape index (κ3) is 4.77. The second-order valence-corrected chi connectivity index (χ2v) is 10.7. The monoisotopic (exact) mass is 464 g/mol. The van der Waals surface area contributed by atoms with Crippen LogP contribution >= 0.6 is 11.3 Å². The molecule has 0 bridgehead atoms. The van der Waals surface area contributed by atoms with Crippen LogP contribution in [0.5, 0.6) is 0 Å². The molecule has 0 fully saturated rings. The van der Waals surface area contributed by atoms with Gasteiger partial charge in [-0.05, 0) is 75.8 Å². The Morgan fingerprint density at radius 3 is 2.55 bits per heavy atom. The molecule has 9 heteroatoms. The van der Waals surface area contributed by atoms with Crippen molar-refractivity contribution >= 4 is 43.9 Å². The summed E-state index contributed by atoms with van der Waals surface area (Å²) in [7, 11) is -3.73. The number of anilines is 2. The zero-order chi connectivity index (χ0) is 22.9. The summed E-state index contributed by atoms with van der Waals surface area (Å²) in [5.74, 6) is -0.965. The van der Waals surface area contributed by atoms with E-state index in [1.807, 2.05) is 19.9 Å². The van der Waals surface area contributed by atoms with Crippen molar-refractivity contribution in [2.75, 3.05) is 22.5 Å². The highest BCUT2D eigenvalue weighted by Gasteiger charge is 2.33. The summed E-state index contributed by atoms with van der Waals surface area (Å²) in [6, 6.07) is 4.26. The molecule has 0 saturated carbocycles. The summed E-state index contributed by atoms with van der Waals surface area (Å²) in [5.41, 5.74) is 3.71. The summed E-state index contributed by atoms with van der Waals surface area (Å²) in [6.07, 6.45) is 3.67. The number of benzene rings is 1. The van der Waals surface area contributed by atoms with Crippen molar-refractivity contribution in [1.82, 2.24) is 0 Å². The second kappa shape index (κ2) is 9.00. The van der Waals surface area contributed by atoms with E-state index in [1.165, 1.54) is 18.3 Å². The second-order valence-electron chi connectivity index (χ2n) is 7.77. The van der Waals surface area contributed by atoms with E-state index in [1.54, 1.807) is 19.1 Å². The van der Waals surface area contributed by atoms with E-state index in [2.05, 4.69) is 5.32 Å². The Morgan fingerprint density at radius 1 is 1.23 bits per heavy atom. The summed E-state index contributed by atoms with van der Waals surface area (Å²) >= 11 is 1.37. The topological polar surface area (TPSA) is 92.8 Å². The molecule has 0 saturated heterocycles. The summed E-state index contributed by atoms with van der Waals surface area (Å²) in [5, 5.41) is 3.22. The van der Waals surface area contributed by atoms with Gasteiger partial charge >= 0.3 is 5.97 Å². The Morgan fingerprint density at radius 2 is 1.94 bits per heavy atom. The number of esters is 1. The van der Waals surface area contributed by atoms with E-state index in [0.717, 1.165) is 51.4 Å². The molecule has 31 heavy (non-hydrogen) atoms. The fourth-order valence-electron chi connectivity index (χ4n) is 3.80. The van der Waals surface area contributed by atoms with Crippen LogP contribution in [0.1, 0.15) is 52.2 Å². The molecule has 1 aliphatic carbocycles. The first-order chi connectivity index (χ1) is 14.5. The molecule has 1 N–H and O–H groups in total. The summed E-state index contributed by atoms with van der Waals surface area (Å²) in [6.45, 7) is 7.34. The smallest absolute Gasteiger partial charge is 0.341 e. The molecule has 1 heterocycles. The van der Waals surface area contributed by atoms with E-state index in [4.69, 9.17) is 4.74 Å². The molecule has 1 aromatic carbocycles. The standard InChI is InChI=1S/C22H28N2O5S2/c1-6-29-22(26)19-17-8-7-9-18(17)30-21(19)23-20(25)15(4)24(31(5,27)28)16-11-10-13(2)14(3)12-16/h10-12,15H,6-9H2,1-5H3,(H,23,25)/t15-/m0/s1. The van der Waals surface area contributed by atoms with Crippen molar-refractivity contribution in [1.29, 1.82) is 0 Å². The molecule has 3 rings (SSSR count). The zero-order valence-electron chi connectivity index (χ0n) is 18.4. The molecule has 0 aliphatic heterocycles. The average Bonchev–Trinajstić information content (AvgIpc) is 3.24. The normalized spacial score (nSPS) is 14.1. The maximum atomic E-state index is 13.1. The average molecular weight is 465 g/mol. The highest BCUT2D eigenvalue weighted by molar-refractivity contribution is 7.92. The van der Waals surface area contributed by atoms with Crippen molar-refractivity contribution in [2.45, 2.75) is 53.0 Å². The Labute approximate surface area is 187 Å². The lowest BCUT2D eigenvalue weighted by atomic mass is 10.1. The van der Waals surface area contributed by atoms with Gasteiger partial charge in [-0.25, -0.2) is 13.2 Å². The maximum absolute atomic E-state index is 13.1. The quantitative estimate of drug-likeness (QED) is 0.629. The Balaban J connectivity index is 1.93. The molecular weight excluding hydrogens is 436 g/mol. The van der Waals surface area contributed by atoms with Crippen LogP contribution < -0.4 is 9.62 Å². The van der Waals surface area contributed by atoms with Gasteiger partial charge in [0.05, 0.1) is 24.1 Å². The molecule has 1 aliphatic rings. The minimum atomic E-state index is -3.73. The number of nitrogens with one attached hydrogen (secondary N) is 1. The number of fused-ring (bicyclic) bond motifs is 1. The van der Waals surface area contributed by atoms with Gasteiger partial charge in [-0.1, -0.05) is 6.07 Å². The minimum absolute atomic E-state index is 0.238. The first kappa shape index (κ1) is 23.3. The van der Waals surface area contributed by atoms with Gasteiger partial charge in [0.25, 0.3) is 0 Å². The van der Waals surface area contributed by atoms with Crippen LogP contribution in [0.4, 0.5) is 10.7 Å². The van der Waals surface area contributed by atoms with E-state index in [-0.39, 0.29) is 6.61 Å². The number of sulfonamides is 1. The van der Waals surface area contributed by atoms with Crippen molar-refractivity contribution in [3.8, 4) is 0 Å². The lowest BCUT2D eigenvalue weighted by Crippen LogP contribution is -2.45. The highest BCUT2D eigenvalue weighted by Crippen LogP contribution is 2.39. The van der Waals surface area contributed by atoms with Crippen LogP contribution in [-0.4, -0.2) is 39.2 Å². The highest BCUT2D eigenvalue weighted by atomic mass is 32.2. The van der Waals surface area contributed by atoms with Crippen molar-refractivity contribution in [3.05, 3.63) is 45.3 Å². The first-order valence-corrected chi connectivity index (χ1v) is 12.9.